The zero-order chi connectivity index (χ0) is 8.85. The number of carbonyl (C=O) groups excluding carboxylic acids is 2. The number of nitrogens with zero attached hydrogens (tertiary/aromatic N) is 1. The molecule has 0 heterocycles. The zero-order valence-corrected chi connectivity index (χ0v) is 6.83. The maximum absolute atomic E-state index is 10.8. The van der Waals surface area contributed by atoms with Gasteiger partial charge in [0, 0.05) is 26.2 Å². The number of carbonyl (C=O) groups is 2. The Morgan fingerprint density at radius 3 is 2.18 bits per heavy atom. The molecule has 0 fully saturated rings. The van der Waals surface area contributed by atoms with Crippen molar-refractivity contribution in [2.75, 3.05) is 21.2 Å². The highest BCUT2D eigenvalue weighted by Gasteiger charge is 1.98. The van der Waals surface area contributed by atoms with Crippen molar-refractivity contribution in [3.05, 3.63) is 12.2 Å². The first-order valence-corrected chi connectivity index (χ1v) is 3.05. The van der Waals surface area contributed by atoms with Gasteiger partial charge in [-0.2, -0.15) is 0 Å². The zero-order valence-electron chi connectivity index (χ0n) is 6.83. The minimum absolute atomic E-state index is 0.240. The quantitative estimate of drug-likeness (QED) is 0.412. The summed E-state index contributed by atoms with van der Waals surface area (Å²) in [5, 5.41) is 0. The normalized spacial score (nSPS) is 9.73. The summed E-state index contributed by atoms with van der Waals surface area (Å²) in [6.45, 7) is 0. The molecule has 62 valence electrons. The number of methoxy groups -OCH3 is 1. The fraction of sp³-hybridized carbons (Fsp3) is 0.429. The minimum Gasteiger partial charge on any atom is -0.466 e. The molecule has 4 heteroatoms. The fourth-order valence-electron chi connectivity index (χ4n) is 0.356. The molecule has 0 aliphatic heterocycles. The van der Waals surface area contributed by atoms with Crippen LogP contribution in [0.3, 0.4) is 0 Å². The van der Waals surface area contributed by atoms with Gasteiger partial charge >= 0.3 is 5.97 Å². The number of ether oxygens (including phenoxy) is 1. The predicted octanol–water partition coefficient (Wildman–Crippen LogP) is -0.196. The molecule has 0 aromatic rings. The Morgan fingerprint density at radius 2 is 1.82 bits per heavy atom. The molecular weight excluding hydrogens is 146 g/mol. The maximum atomic E-state index is 10.8. The monoisotopic (exact) mass is 157 g/mol. The summed E-state index contributed by atoms with van der Waals surface area (Å²) in [5.41, 5.74) is 0. The van der Waals surface area contributed by atoms with E-state index in [0.29, 0.717) is 0 Å². The summed E-state index contributed by atoms with van der Waals surface area (Å²) in [6.07, 6.45) is 2.24. The maximum Gasteiger partial charge on any atom is 0.330 e. The van der Waals surface area contributed by atoms with E-state index in [4.69, 9.17) is 0 Å². The Bertz CT molecular complexity index is 184. The summed E-state index contributed by atoms with van der Waals surface area (Å²) in [6, 6.07) is 0. The molecule has 4 nitrogen and oxygen atoms in total. The van der Waals surface area contributed by atoms with Crippen LogP contribution in [0.25, 0.3) is 0 Å². The van der Waals surface area contributed by atoms with Gasteiger partial charge in [-0.15, -0.1) is 0 Å². The topological polar surface area (TPSA) is 46.6 Å². The van der Waals surface area contributed by atoms with Crippen LogP contribution in [-0.2, 0) is 14.3 Å². The van der Waals surface area contributed by atoms with Crippen LogP contribution in [0.1, 0.15) is 0 Å². The largest absolute Gasteiger partial charge is 0.466 e. The molecule has 0 rings (SSSR count). The van der Waals surface area contributed by atoms with E-state index in [1.165, 1.54) is 12.0 Å². The lowest BCUT2D eigenvalue weighted by atomic mass is 10.4. The SMILES string of the molecule is COC(=O)/C=C/C(=O)N(C)C. The summed E-state index contributed by atoms with van der Waals surface area (Å²) in [4.78, 5) is 22.6. The molecule has 0 bridgehead atoms. The van der Waals surface area contributed by atoms with E-state index in [9.17, 15) is 9.59 Å². The van der Waals surface area contributed by atoms with Gasteiger partial charge in [0.2, 0.25) is 5.91 Å². The predicted molar refractivity (Wildman–Crippen MR) is 39.9 cm³/mol. The Labute approximate surface area is 65.4 Å². The van der Waals surface area contributed by atoms with Gasteiger partial charge in [0.25, 0.3) is 0 Å². The smallest absolute Gasteiger partial charge is 0.330 e. The molecule has 0 saturated carbocycles. The van der Waals surface area contributed by atoms with E-state index in [2.05, 4.69) is 4.74 Å². The first-order chi connectivity index (χ1) is 5.07. The van der Waals surface area contributed by atoms with Gasteiger partial charge in [0.15, 0.2) is 0 Å². The van der Waals surface area contributed by atoms with Crippen molar-refractivity contribution in [2.24, 2.45) is 0 Å². The third-order valence-corrected chi connectivity index (χ3v) is 1.00. The number of likely N-dealkylation sites (N-methyl/N-ethyl adjacent to an activating group) is 1. The fourth-order valence-corrected chi connectivity index (χ4v) is 0.356. The molecule has 0 spiro atoms. The molecule has 11 heavy (non-hydrogen) atoms. The summed E-state index contributed by atoms with van der Waals surface area (Å²) in [5.74, 6) is -0.768. The first kappa shape index (κ1) is 9.68. The van der Waals surface area contributed by atoms with E-state index in [1.54, 1.807) is 14.1 Å². The van der Waals surface area contributed by atoms with Crippen LogP contribution in [0, 0.1) is 0 Å². The van der Waals surface area contributed by atoms with Gasteiger partial charge in [-0.1, -0.05) is 0 Å². The molecule has 0 saturated heterocycles. The molecule has 0 aliphatic carbocycles. The lowest BCUT2D eigenvalue weighted by Crippen LogP contribution is -2.19. The van der Waals surface area contributed by atoms with Crippen LogP contribution >= 0.6 is 0 Å². The summed E-state index contributed by atoms with van der Waals surface area (Å²) < 4.78 is 4.28. The lowest BCUT2D eigenvalue weighted by molar-refractivity contribution is -0.135. The van der Waals surface area contributed by atoms with Crippen molar-refractivity contribution in [3.63, 3.8) is 0 Å². The second kappa shape index (κ2) is 4.49. The van der Waals surface area contributed by atoms with E-state index in [1.807, 2.05) is 0 Å². The van der Waals surface area contributed by atoms with Gasteiger partial charge in [-0.25, -0.2) is 4.79 Å². The molecule has 0 aromatic carbocycles. The molecule has 0 N–H and O–H groups in total. The van der Waals surface area contributed by atoms with Crippen molar-refractivity contribution in [1.82, 2.24) is 4.90 Å². The van der Waals surface area contributed by atoms with Crippen LogP contribution in [0.5, 0.6) is 0 Å². The second-order valence-corrected chi connectivity index (χ2v) is 2.09. The Hall–Kier alpha value is -1.32. The van der Waals surface area contributed by atoms with E-state index >= 15 is 0 Å². The molecule has 0 aromatic heterocycles. The average Bonchev–Trinajstić information content (AvgIpc) is 1.99. The average molecular weight is 157 g/mol. The number of hydrogen-bond acceptors (Lipinski definition) is 3. The van der Waals surface area contributed by atoms with Gasteiger partial charge in [-0.3, -0.25) is 4.79 Å². The molecule has 1 amide bonds. The standard InChI is InChI=1S/C7H11NO3/c1-8(2)6(9)4-5-7(10)11-3/h4-5H,1-3H3/b5-4+. The van der Waals surface area contributed by atoms with Gasteiger partial charge in [0.1, 0.15) is 0 Å². The first-order valence-electron chi connectivity index (χ1n) is 3.05. The number of amides is 1. The lowest BCUT2D eigenvalue weighted by Gasteiger charge is -2.04. The molecule has 0 atom stereocenters. The van der Waals surface area contributed by atoms with E-state index in [0.717, 1.165) is 12.2 Å². The van der Waals surface area contributed by atoms with Crippen molar-refractivity contribution < 1.29 is 14.3 Å². The molecule has 0 unspecified atom stereocenters. The van der Waals surface area contributed by atoms with Gasteiger partial charge in [-0.05, 0) is 0 Å². The second-order valence-electron chi connectivity index (χ2n) is 2.09. The Morgan fingerprint density at radius 1 is 1.27 bits per heavy atom. The summed E-state index contributed by atoms with van der Waals surface area (Å²) >= 11 is 0. The van der Waals surface area contributed by atoms with Crippen LogP contribution in [0.15, 0.2) is 12.2 Å². The van der Waals surface area contributed by atoms with Gasteiger partial charge in [0.05, 0.1) is 7.11 Å². The van der Waals surface area contributed by atoms with Crippen molar-refractivity contribution >= 4 is 11.9 Å². The third kappa shape index (κ3) is 4.13. The molecule has 0 aliphatic rings. The van der Waals surface area contributed by atoms with Crippen molar-refractivity contribution in [2.45, 2.75) is 0 Å². The molecule has 0 radical (unpaired) electrons. The van der Waals surface area contributed by atoms with E-state index < -0.39 is 5.97 Å². The van der Waals surface area contributed by atoms with Crippen molar-refractivity contribution in [1.29, 1.82) is 0 Å². The van der Waals surface area contributed by atoms with Crippen LogP contribution in [0.2, 0.25) is 0 Å². The Balaban J connectivity index is 3.93. The summed E-state index contributed by atoms with van der Waals surface area (Å²) in [7, 11) is 4.46. The minimum atomic E-state index is -0.528. The molecular formula is C7H11NO3. The van der Waals surface area contributed by atoms with Gasteiger partial charge < -0.3 is 9.64 Å². The van der Waals surface area contributed by atoms with Crippen LogP contribution in [0.4, 0.5) is 0 Å². The number of esters is 1. The third-order valence-electron chi connectivity index (χ3n) is 1.00. The van der Waals surface area contributed by atoms with Crippen molar-refractivity contribution in [3.8, 4) is 0 Å². The van der Waals surface area contributed by atoms with Crippen LogP contribution < -0.4 is 0 Å². The highest BCUT2D eigenvalue weighted by atomic mass is 16.5. The highest BCUT2D eigenvalue weighted by Crippen LogP contribution is 1.83. The number of hydrogen-bond donors (Lipinski definition) is 0. The highest BCUT2D eigenvalue weighted by molar-refractivity contribution is 5.94. The van der Waals surface area contributed by atoms with Crippen LogP contribution in [-0.4, -0.2) is 38.0 Å². The Kier molecular flexibility index (Phi) is 3.95. The number of rotatable bonds is 2. The van der Waals surface area contributed by atoms with E-state index in [-0.39, 0.29) is 5.91 Å².